The van der Waals surface area contributed by atoms with Crippen LogP contribution in [0.25, 0.3) is 0 Å². The van der Waals surface area contributed by atoms with Gasteiger partial charge in [0, 0.05) is 19.7 Å². The topological polar surface area (TPSA) is 85.6 Å². The smallest absolute Gasteiger partial charge is 0.221 e. The van der Waals surface area contributed by atoms with Crippen molar-refractivity contribution in [3.05, 3.63) is 23.8 Å². The summed E-state index contributed by atoms with van der Waals surface area (Å²) in [5.41, 5.74) is 2.06. The zero-order chi connectivity index (χ0) is 15.0. The van der Waals surface area contributed by atoms with E-state index in [0.717, 1.165) is 10.6 Å². The molecule has 1 aromatic rings. The van der Waals surface area contributed by atoms with Crippen molar-refractivity contribution in [3.63, 3.8) is 0 Å². The Morgan fingerprint density at radius 2 is 2.30 bits per heavy atom. The molecular formula is C14H19N3O3. The van der Waals surface area contributed by atoms with Crippen molar-refractivity contribution in [1.82, 2.24) is 0 Å². The van der Waals surface area contributed by atoms with Crippen molar-refractivity contribution < 1.29 is 14.7 Å². The molecule has 6 nitrogen and oxygen atoms in total. The molecule has 1 rings (SSSR count). The molecule has 0 aliphatic heterocycles. The molecule has 0 aromatic heterocycles. The molecule has 0 bridgehead atoms. The van der Waals surface area contributed by atoms with Crippen molar-refractivity contribution in [2.24, 2.45) is 0 Å². The minimum absolute atomic E-state index is 0.179. The van der Waals surface area contributed by atoms with Crippen LogP contribution in [0.4, 0.5) is 11.4 Å². The number of carbonyl (C=O) groups excluding carboxylic acids is 1. The Morgan fingerprint density at radius 1 is 1.55 bits per heavy atom. The molecule has 0 aliphatic rings. The molecule has 6 heteroatoms. The van der Waals surface area contributed by atoms with Crippen LogP contribution in [0.1, 0.15) is 18.9 Å². The fourth-order valence-corrected chi connectivity index (χ4v) is 1.78. The maximum Gasteiger partial charge on any atom is 0.221 e. The van der Waals surface area contributed by atoms with E-state index >= 15 is 0 Å². The number of methoxy groups -OCH3 is 1. The second kappa shape index (κ2) is 8.15. The minimum atomic E-state index is -0.179. The molecule has 0 spiro atoms. The molecule has 1 aromatic carbocycles. The van der Waals surface area contributed by atoms with Gasteiger partial charge in [0.25, 0.3) is 0 Å². The van der Waals surface area contributed by atoms with Gasteiger partial charge in [0.15, 0.2) is 0 Å². The molecule has 108 valence electrons. The third kappa shape index (κ3) is 4.88. The Bertz CT molecular complexity index is 497. The molecule has 0 saturated carbocycles. The highest BCUT2D eigenvalue weighted by molar-refractivity contribution is 5.89. The molecule has 1 amide bonds. The van der Waals surface area contributed by atoms with Gasteiger partial charge < -0.3 is 10.1 Å². The summed E-state index contributed by atoms with van der Waals surface area (Å²) in [5, 5.41) is 22.3. The van der Waals surface area contributed by atoms with E-state index in [1.54, 1.807) is 19.2 Å². The molecule has 0 radical (unpaired) electrons. The van der Waals surface area contributed by atoms with Crippen LogP contribution in [-0.4, -0.2) is 31.4 Å². The normalized spacial score (nSPS) is 9.90. The van der Waals surface area contributed by atoms with Gasteiger partial charge >= 0.3 is 0 Å². The largest absolute Gasteiger partial charge is 0.384 e. The van der Waals surface area contributed by atoms with Crippen LogP contribution in [0.3, 0.4) is 0 Å². The lowest BCUT2D eigenvalue weighted by Gasteiger charge is -2.20. The van der Waals surface area contributed by atoms with Crippen molar-refractivity contribution in [2.75, 3.05) is 30.6 Å². The van der Waals surface area contributed by atoms with Crippen LogP contribution in [-0.2, 0) is 16.0 Å². The number of hydrogen-bond donors (Lipinski definition) is 2. The van der Waals surface area contributed by atoms with Gasteiger partial charge in [-0.1, -0.05) is 6.07 Å². The van der Waals surface area contributed by atoms with E-state index < -0.39 is 0 Å². The van der Waals surface area contributed by atoms with Crippen molar-refractivity contribution in [1.29, 1.82) is 5.26 Å². The van der Waals surface area contributed by atoms with Crippen LogP contribution in [0.15, 0.2) is 18.2 Å². The molecule has 0 fully saturated rings. The standard InChI is InChI=1S/C14H19N3O3/c1-11(18)16-13-5-4-12(6-9-20-2)14(10-13)17(19)8-3-7-15/h4-5,10,19H,3,6,8-9H2,1-2H3,(H,16,18). The second-order valence-corrected chi connectivity index (χ2v) is 4.30. The average molecular weight is 277 g/mol. The second-order valence-electron chi connectivity index (χ2n) is 4.30. The predicted octanol–water partition coefficient (Wildman–Crippen LogP) is 1.94. The highest BCUT2D eigenvalue weighted by Gasteiger charge is 2.11. The van der Waals surface area contributed by atoms with Gasteiger partial charge in [-0.25, -0.2) is 0 Å². The first kappa shape index (κ1) is 16.0. The Kier molecular flexibility index (Phi) is 6.50. The molecule has 0 heterocycles. The van der Waals surface area contributed by atoms with Crippen molar-refractivity contribution >= 4 is 17.3 Å². The molecule has 0 unspecified atom stereocenters. The third-order valence-corrected chi connectivity index (χ3v) is 2.69. The fourth-order valence-electron chi connectivity index (χ4n) is 1.78. The number of nitrogens with one attached hydrogen (secondary N) is 1. The van der Waals surface area contributed by atoms with E-state index in [1.165, 1.54) is 6.92 Å². The zero-order valence-electron chi connectivity index (χ0n) is 11.7. The molecular weight excluding hydrogens is 258 g/mol. The number of nitrogens with zero attached hydrogens (tertiary/aromatic N) is 2. The van der Waals surface area contributed by atoms with Crippen LogP contribution >= 0.6 is 0 Å². The SMILES string of the molecule is COCCc1ccc(NC(C)=O)cc1N(O)CCC#N. The summed E-state index contributed by atoms with van der Waals surface area (Å²) < 4.78 is 5.03. The van der Waals surface area contributed by atoms with Crippen LogP contribution in [0.2, 0.25) is 0 Å². The van der Waals surface area contributed by atoms with Crippen LogP contribution < -0.4 is 10.4 Å². The highest BCUT2D eigenvalue weighted by Crippen LogP contribution is 2.25. The van der Waals surface area contributed by atoms with Crippen LogP contribution in [0, 0.1) is 11.3 Å². The van der Waals surface area contributed by atoms with Crippen molar-refractivity contribution in [2.45, 2.75) is 19.8 Å². The predicted molar refractivity (Wildman–Crippen MR) is 75.7 cm³/mol. The summed E-state index contributed by atoms with van der Waals surface area (Å²) in [5.74, 6) is -0.179. The van der Waals surface area contributed by atoms with Gasteiger partial charge in [-0.2, -0.15) is 5.26 Å². The molecule has 2 N–H and O–H groups in total. The number of rotatable bonds is 7. The number of hydrogen-bond acceptors (Lipinski definition) is 5. The summed E-state index contributed by atoms with van der Waals surface area (Å²) in [7, 11) is 1.61. The number of amides is 1. The first-order chi connectivity index (χ1) is 9.58. The van der Waals surface area contributed by atoms with Gasteiger partial charge in [0.05, 0.1) is 31.3 Å². The lowest BCUT2D eigenvalue weighted by atomic mass is 10.1. The third-order valence-electron chi connectivity index (χ3n) is 2.69. The maximum atomic E-state index is 11.1. The van der Waals surface area contributed by atoms with Gasteiger partial charge in [0.2, 0.25) is 5.91 Å². The Labute approximate surface area is 118 Å². The van der Waals surface area contributed by atoms with E-state index in [4.69, 9.17) is 10.00 Å². The number of benzene rings is 1. The van der Waals surface area contributed by atoms with Gasteiger partial charge in [0.1, 0.15) is 0 Å². The molecule has 20 heavy (non-hydrogen) atoms. The van der Waals surface area contributed by atoms with E-state index in [2.05, 4.69) is 5.32 Å². The average Bonchev–Trinajstić information content (AvgIpc) is 2.42. The quantitative estimate of drug-likeness (QED) is 0.744. The van der Waals surface area contributed by atoms with E-state index in [1.807, 2.05) is 12.1 Å². The number of hydroxylamine groups is 1. The molecule has 0 aliphatic carbocycles. The lowest BCUT2D eigenvalue weighted by Crippen LogP contribution is -2.21. The monoisotopic (exact) mass is 277 g/mol. The fraction of sp³-hybridized carbons (Fsp3) is 0.429. The first-order valence-electron chi connectivity index (χ1n) is 6.31. The molecule has 0 atom stereocenters. The zero-order valence-corrected chi connectivity index (χ0v) is 11.7. The first-order valence-corrected chi connectivity index (χ1v) is 6.31. The van der Waals surface area contributed by atoms with E-state index in [0.29, 0.717) is 24.4 Å². The van der Waals surface area contributed by atoms with E-state index in [9.17, 15) is 10.0 Å². The highest BCUT2D eigenvalue weighted by atomic mass is 16.5. The van der Waals surface area contributed by atoms with Crippen molar-refractivity contribution in [3.8, 4) is 6.07 Å². The number of ether oxygens (including phenoxy) is 1. The van der Waals surface area contributed by atoms with Crippen LogP contribution in [0.5, 0.6) is 0 Å². The number of carbonyl (C=O) groups is 1. The van der Waals surface area contributed by atoms with Gasteiger partial charge in [-0.15, -0.1) is 0 Å². The summed E-state index contributed by atoms with van der Waals surface area (Å²) in [6.07, 6.45) is 0.848. The lowest BCUT2D eigenvalue weighted by molar-refractivity contribution is -0.114. The maximum absolute atomic E-state index is 11.1. The Balaban J connectivity index is 2.98. The molecule has 0 saturated heterocycles. The van der Waals surface area contributed by atoms with E-state index in [-0.39, 0.29) is 18.9 Å². The summed E-state index contributed by atoms with van der Waals surface area (Å²) in [4.78, 5) is 11.1. The number of anilines is 2. The number of nitriles is 1. The Hall–Kier alpha value is -2.10. The minimum Gasteiger partial charge on any atom is -0.384 e. The summed E-state index contributed by atoms with van der Waals surface area (Å²) in [6.45, 7) is 2.16. The summed E-state index contributed by atoms with van der Waals surface area (Å²) in [6, 6.07) is 7.27. The van der Waals surface area contributed by atoms with Gasteiger partial charge in [-0.05, 0) is 24.1 Å². The van der Waals surface area contributed by atoms with Gasteiger partial charge in [-0.3, -0.25) is 15.1 Å². The Morgan fingerprint density at radius 3 is 2.90 bits per heavy atom. The summed E-state index contributed by atoms with van der Waals surface area (Å²) >= 11 is 0.